The van der Waals surface area contributed by atoms with E-state index in [9.17, 15) is 9.59 Å². The molecule has 3 aromatic carbocycles. The van der Waals surface area contributed by atoms with Crippen LogP contribution in [0.3, 0.4) is 0 Å². The number of ether oxygens (including phenoxy) is 2. The monoisotopic (exact) mass is 532 g/mol. The number of para-hydroxylation sites is 1. The SMILES string of the molecule is O=C(CC1C(=O)N=C2c3ccccc3N=C(SCc3ccccc3Cl)N21)NCc1ccc2c(c1)OCO2. The number of amides is 2. The van der Waals surface area contributed by atoms with Crippen LogP contribution in [0.25, 0.3) is 0 Å². The maximum Gasteiger partial charge on any atom is 0.271 e. The highest BCUT2D eigenvalue weighted by atomic mass is 35.5. The largest absolute Gasteiger partial charge is 0.454 e. The molecule has 1 N–H and O–H groups in total. The molecule has 0 aromatic heterocycles. The van der Waals surface area contributed by atoms with E-state index in [1.165, 1.54) is 11.8 Å². The zero-order valence-electron chi connectivity index (χ0n) is 19.5. The fourth-order valence-electron chi connectivity index (χ4n) is 4.36. The Bertz CT molecular complexity index is 1470. The van der Waals surface area contributed by atoms with Crippen molar-refractivity contribution in [2.45, 2.75) is 24.8 Å². The van der Waals surface area contributed by atoms with Crippen LogP contribution in [0.15, 0.2) is 76.7 Å². The number of hydrogen-bond donors (Lipinski definition) is 1. The number of fused-ring (bicyclic) bond motifs is 4. The van der Waals surface area contributed by atoms with Crippen molar-refractivity contribution in [3.05, 3.63) is 88.4 Å². The summed E-state index contributed by atoms with van der Waals surface area (Å²) in [5.41, 5.74) is 3.33. The molecule has 3 aliphatic heterocycles. The van der Waals surface area contributed by atoms with E-state index in [4.69, 9.17) is 26.1 Å². The first-order valence-corrected chi connectivity index (χ1v) is 13.0. The van der Waals surface area contributed by atoms with Gasteiger partial charge < -0.3 is 14.8 Å². The van der Waals surface area contributed by atoms with Gasteiger partial charge in [0.1, 0.15) is 11.9 Å². The Balaban J connectivity index is 1.20. The summed E-state index contributed by atoms with van der Waals surface area (Å²) in [6.45, 7) is 0.490. The molecule has 0 radical (unpaired) electrons. The summed E-state index contributed by atoms with van der Waals surface area (Å²) in [5, 5.41) is 4.18. The Morgan fingerprint density at radius 2 is 1.86 bits per heavy atom. The lowest BCUT2D eigenvalue weighted by Gasteiger charge is -2.31. The third-order valence-electron chi connectivity index (χ3n) is 6.23. The van der Waals surface area contributed by atoms with E-state index in [0.717, 1.165) is 22.4 Å². The summed E-state index contributed by atoms with van der Waals surface area (Å²) in [7, 11) is 0. The molecule has 3 aliphatic rings. The molecular formula is C27H21ClN4O4S. The topological polar surface area (TPSA) is 92.6 Å². The van der Waals surface area contributed by atoms with Crippen LogP contribution in [0.4, 0.5) is 5.69 Å². The molecule has 8 nitrogen and oxygen atoms in total. The zero-order valence-corrected chi connectivity index (χ0v) is 21.1. The molecule has 1 unspecified atom stereocenters. The van der Waals surface area contributed by atoms with Gasteiger partial charge in [0.25, 0.3) is 5.91 Å². The smallest absolute Gasteiger partial charge is 0.271 e. The number of benzene rings is 3. The highest BCUT2D eigenvalue weighted by Crippen LogP contribution is 2.36. The molecule has 3 aromatic rings. The highest BCUT2D eigenvalue weighted by Gasteiger charge is 2.42. The van der Waals surface area contributed by atoms with Crippen molar-refractivity contribution < 1.29 is 19.1 Å². The van der Waals surface area contributed by atoms with Crippen LogP contribution in [-0.4, -0.2) is 40.6 Å². The van der Waals surface area contributed by atoms with E-state index in [-0.39, 0.29) is 25.0 Å². The molecule has 0 aliphatic carbocycles. The molecule has 2 amide bonds. The lowest BCUT2D eigenvalue weighted by atomic mass is 10.1. The molecule has 0 saturated carbocycles. The van der Waals surface area contributed by atoms with Gasteiger partial charge in [-0.05, 0) is 41.5 Å². The summed E-state index contributed by atoms with van der Waals surface area (Å²) < 4.78 is 10.7. The van der Waals surface area contributed by atoms with Crippen LogP contribution in [0.2, 0.25) is 5.02 Å². The Kier molecular flexibility index (Phi) is 6.31. The van der Waals surface area contributed by atoms with Gasteiger partial charge in [-0.15, -0.1) is 0 Å². The van der Waals surface area contributed by atoms with Crippen molar-refractivity contribution in [1.29, 1.82) is 0 Å². The van der Waals surface area contributed by atoms with E-state index in [1.807, 2.05) is 66.7 Å². The van der Waals surface area contributed by atoms with Crippen molar-refractivity contribution in [3.63, 3.8) is 0 Å². The van der Waals surface area contributed by atoms with E-state index < -0.39 is 6.04 Å². The number of carbonyl (C=O) groups is 2. The molecular weight excluding hydrogens is 512 g/mol. The lowest BCUT2D eigenvalue weighted by molar-refractivity contribution is -0.126. The zero-order chi connectivity index (χ0) is 25.4. The number of amidine groups is 2. The van der Waals surface area contributed by atoms with Gasteiger partial charge in [-0.2, -0.15) is 4.99 Å². The van der Waals surface area contributed by atoms with Crippen molar-refractivity contribution in [1.82, 2.24) is 10.2 Å². The molecule has 37 heavy (non-hydrogen) atoms. The minimum atomic E-state index is -0.780. The second-order valence-corrected chi connectivity index (χ2v) is 9.97. The fraction of sp³-hybridized carbons (Fsp3) is 0.185. The molecule has 0 spiro atoms. The van der Waals surface area contributed by atoms with Crippen LogP contribution in [0.5, 0.6) is 11.5 Å². The predicted molar refractivity (Wildman–Crippen MR) is 142 cm³/mol. The summed E-state index contributed by atoms with van der Waals surface area (Å²) in [6.07, 6.45) is -0.0514. The summed E-state index contributed by atoms with van der Waals surface area (Å²) >= 11 is 7.82. The quantitative estimate of drug-likeness (QED) is 0.496. The number of thioether (sulfide) groups is 1. The van der Waals surface area contributed by atoms with Gasteiger partial charge in [0, 0.05) is 22.9 Å². The Morgan fingerprint density at radius 1 is 1.05 bits per heavy atom. The van der Waals surface area contributed by atoms with Crippen molar-refractivity contribution in [3.8, 4) is 11.5 Å². The van der Waals surface area contributed by atoms with Gasteiger partial charge in [0.15, 0.2) is 16.7 Å². The van der Waals surface area contributed by atoms with Crippen LogP contribution in [0.1, 0.15) is 23.1 Å². The normalized spacial score (nSPS) is 17.2. The molecule has 3 heterocycles. The number of carbonyl (C=O) groups excluding carboxylic acids is 2. The fourth-order valence-corrected chi connectivity index (χ4v) is 5.69. The Morgan fingerprint density at radius 3 is 2.76 bits per heavy atom. The van der Waals surface area contributed by atoms with Crippen molar-refractivity contribution in [2.75, 3.05) is 6.79 Å². The second-order valence-electron chi connectivity index (χ2n) is 8.62. The Labute approximate surface area is 222 Å². The first-order valence-electron chi connectivity index (χ1n) is 11.7. The van der Waals surface area contributed by atoms with Crippen molar-refractivity contribution >= 4 is 51.9 Å². The molecule has 10 heteroatoms. The highest BCUT2D eigenvalue weighted by molar-refractivity contribution is 8.13. The molecule has 0 bridgehead atoms. The summed E-state index contributed by atoms with van der Waals surface area (Å²) in [5.74, 6) is 1.78. The second kappa shape index (κ2) is 9.91. The number of nitrogens with zero attached hydrogens (tertiary/aromatic N) is 3. The number of hydrogen-bond acceptors (Lipinski definition) is 7. The van der Waals surface area contributed by atoms with E-state index in [1.54, 1.807) is 4.90 Å². The van der Waals surface area contributed by atoms with Crippen LogP contribution in [-0.2, 0) is 21.9 Å². The van der Waals surface area contributed by atoms with E-state index in [0.29, 0.717) is 39.8 Å². The summed E-state index contributed by atoms with van der Waals surface area (Å²) in [4.78, 5) is 36.9. The van der Waals surface area contributed by atoms with E-state index in [2.05, 4.69) is 10.3 Å². The average Bonchev–Trinajstić information content (AvgIpc) is 3.51. The average molecular weight is 533 g/mol. The number of nitrogens with one attached hydrogen (secondary N) is 1. The number of aliphatic imine (C=N–C) groups is 2. The molecule has 186 valence electrons. The van der Waals surface area contributed by atoms with E-state index >= 15 is 0 Å². The first-order chi connectivity index (χ1) is 18.1. The van der Waals surface area contributed by atoms with Gasteiger partial charge in [0.05, 0.1) is 12.1 Å². The molecule has 0 fully saturated rings. The van der Waals surface area contributed by atoms with Crippen LogP contribution < -0.4 is 14.8 Å². The third kappa shape index (κ3) is 4.68. The van der Waals surface area contributed by atoms with Crippen LogP contribution in [0, 0.1) is 0 Å². The maximum absolute atomic E-state index is 13.0. The number of halogens is 1. The maximum atomic E-state index is 13.0. The van der Waals surface area contributed by atoms with Gasteiger partial charge in [-0.25, -0.2) is 4.99 Å². The minimum absolute atomic E-state index is 0.0514. The minimum Gasteiger partial charge on any atom is -0.454 e. The Hall–Kier alpha value is -3.82. The standard InChI is InChI=1S/C27H21ClN4O4S/c28-19-7-3-1-5-17(19)14-37-27-30-20-8-4-2-6-18(20)25-31-26(34)21(32(25)27)12-24(33)29-13-16-9-10-22-23(11-16)36-15-35-22/h1-11,21H,12-15H2,(H,29,33). The predicted octanol–water partition coefficient (Wildman–Crippen LogP) is 4.67. The molecule has 1 atom stereocenters. The van der Waals surface area contributed by atoms with Gasteiger partial charge in [0.2, 0.25) is 12.7 Å². The molecule has 0 saturated heterocycles. The molecule has 6 rings (SSSR count). The van der Waals surface area contributed by atoms with Gasteiger partial charge in [-0.1, -0.05) is 59.8 Å². The lowest BCUT2D eigenvalue weighted by Crippen LogP contribution is -2.45. The van der Waals surface area contributed by atoms with Gasteiger partial charge >= 0.3 is 0 Å². The summed E-state index contributed by atoms with van der Waals surface area (Å²) in [6, 6.07) is 19.9. The van der Waals surface area contributed by atoms with Crippen LogP contribution >= 0.6 is 23.4 Å². The first kappa shape index (κ1) is 23.6. The van der Waals surface area contributed by atoms with Crippen molar-refractivity contribution in [2.24, 2.45) is 9.98 Å². The third-order valence-corrected chi connectivity index (χ3v) is 7.60. The van der Waals surface area contributed by atoms with Gasteiger partial charge in [-0.3, -0.25) is 14.5 Å². The number of rotatable bonds is 6.